The smallest absolute Gasteiger partial charge is 0.387 e. The number of aromatic nitrogens is 1. The predicted molar refractivity (Wildman–Crippen MR) is 122 cm³/mol. The maximum atomic E-state index is 12.9. The molecule has 36 heavy (non-hydrogen) atoms. The van der Waals surface area contributed by atoms with Crippen LogP contribution in [0.5, 0.6) is 5.75 Å². The Morgan fingerprint density at radius 3 is 2.50 bits per heavy atom. The van der Waals surface area contributed by atoms with Crippen molar-refractivity contribution in [2.24, 2.45) is 0 Å². The number of ether oxygens (including phenoxy) is 1. The summed E-state index contributed by atoms with van der Waals surface area (Å²) in [6.45, 7) is -0.889. The Morgan fingerprint density at radius 1 is 1.11 bits per heavy atom. The van der Waals surface area contributed by atoms with Crippen molar-refractivity contribution in [2.45, 2.75) is 57.0 Å². The van der Waals surface area contributed by atoms with Gasteiger partial charge in [-0.2, -0.15) is 8.78 Å². The van der Waals surface area contributed by atoms with Gasteiger partial charge < -0.3 is 14.7 Å². The summed E-state index contributed by atoms with van der Waals surface area (Å²) in [6.07, 6.45) is 1.34. The van der Waals surface area contributed by atoms with Gasteiger partial charge in [0.1, 0.15) is 17.4 Å². The summed E-state index contributed by atoms with van der Waals surface area (Å²) < 4.78 is 29.0. The van der Waals surface area contributed by atoms with E-state index in [9.17, 15) is 28.3 Å². The van der Waals surface area contributed by atoms with Crippen LogP contribution in [0.4, 0.5) is 8.78 Å². The number of rotatable bonds is 6. The van der Waals surface area contributed by atoms with Crippen LogP contribution < -0.4 is 10.1 Å². The van der Waals surface area contributed by atoms with Gasteiger partial charge in [-0.25, -0.2) is 0 Å². The summed E-state index contributed by atoms with van der Waals surface area (Å²) in [6, 6.07) is 9.11. The molecule has 0 saturated carbocycles. The SMILES string of the molecule is O=C1CCC(N2Cc3nc(C4(O)CCN(Cc5ccc(OC(F)F)cc5)CC4)ccc3C2=O)C(=O)N1. The second-order valence-corrected chi connectivity index (χ2v) is 9.42. The number of likely N-dealkylation sites (tertiary alicyclic amines) is 1. The second-order valence-electron chi connectivity index (χ2n) is 9.42. The van der Waals surface area contributed by atoms with Crippen LogP contribution in [0.25, 0.3) is 0 Å². The lowest BCUT2D eigenvalue weighted by molar-refractivity contribution is -0.136. The Hall–Kier alpha value is -3.44. The minimum atomic E-state index is -2.86. The van der Waals surface area contributed by atoms with Gasteiger partial charge in [0, 0.05) is 26.1 Å². The second kappa shape index (κ2) is 9.55. The maximum absolute atomic E-state index is 12.9. The van der Waals surface area contributed by atoms with Crippen molar-refractivity contribution < 1.29 is 33.0 Å². The average Bonchev–Trinajstić information content (AvgIpc) is 3.17. The summed E-state index contributed by atoms with van der Waals surface area (Å²) in [5.41, 5.74) is 1.22. The van der Waals surface area contributed by atoms with Crippen LogP contribution in [0, 0.1) is 0 Å². The molecule has 5 rings (SSSR count). The number of hydrogen-bond donors (Lipinski definition) is 2. The highest BCUT2D eigenvalue weighted by Crippen LogP contribution is 2.35. The number of alkyl halides is 2. The van der Waals surface area contributed by atoms with Crippen molar-refractivity contribution >= 4 is 17.7 Å². The zero-order valence-corrected chi connectivity index (χ0v) is 19.5. The molecule has 3 amide bonds. The highest BCUT2D eigenvalue weighted by atomic mass is 19.3. The first kappa shape index (κ1) is 24.3. The number of nitrogens with zero attached hydrogens (tertiary/aromatic N) is 3. The number of pyridine rings is 1. The van der Waals surface area contributed by atoms with E-state index in [2.05, 4.69) is 19.9 Å². The average molecular weight is 501 g/mol. The summed E-state index contributed by atoms with van der Waals surface area (Å²) in [5, 5.41) is 13.6. The molecule has 3 aliphatic rings. The molecule has 190 valence electrons. The Bertz CT molecular complexity index is 1180. The number of halogens is 2. The van der Waals surface area contributed by atoms with E-state index in [-0.39, 0.29) is 37.0 Å². The molecule has 2 N–H and O–H groups in total. The molecule has 1 unspecified atom stereocenters. The molecule has 3 aliphatic heterocycles. The van der Waals surface area contributed by atoms with E-state index in [4.69, 9.17) is 0 Å². The van der Waals surface area contributed by atoms with E-state index < -0.39 is 24.2 Å². The summed E-state index contributed by atoms with van der Waals surface area (Å²) in [5.74, 6) is -1.01. The monoisotopic (exact) mass is 500 g/mol. The number of imide groups is 1. The number of benzene rings is 1. The van der Waals surface area contributed by atoms with E-state index in [1.165, 1.54) is 17.0 Å². The van der Waals surface area contributed by atoms with Gasteiger partial charge in [-0.1, -0.05) is 12.1 Å². The molecule has 1 aromatic heterocycles. The normalized spacial score (nSPS) is 22.1. The third-order valence-corrected chi connectivity index (χ3v) is 7.09. The number of hydrogen-bond acceptors (Lipinski definition) is 7. The molecule has 2 aromatic rings. The fraction of sp³-hybridized carbons (Fsp3) is 0.440. The molecule has 0 spiro atoms. The van der Waals surface area contributed by atoms with Crippen molar-refractivity contribution in [3.63, 3.8) is 0 Å². The van der Waals surface area contributed by atoms with E-state index >= 15 is 0 Å². The lowest BCUT2D eigenvalue weighted by Gasteiger charge is -2.38. The number of piperidine rings is 2. The van der Waals surface area contributed by atoms with E-state index in [0.29, 0.717) is 49.4 Å². The summed E-state index contributed by atoms with van der Waals surface area (Å²) in [7, 11) is 0. The number of nitrogens with one attached hydrogen (secondary N) is 1. The molecule has 0 radical (unpaired) electrons. The molecule has 2 fully saturated rings. The van der Waals surface area contributed by atoms with Gasteiger partial charge >= 0.3 is 6.61 Å². The first-order valence-electron chi connectivity index (χ1n) is 11.9. The summed E-state index contributed by atoms with van der Waals surface area (Å²) >= 11 is 0. The molecule has 0 bridgehead atoms. The molecule has 11 heteroatoms. The van der Waals surface area contributed by atoms with Gasteiger partial charge in [0.05, 0.1) is 23.5 Å². The van der Waals surface area contributed by atoms with Crippen molar-refractivity contribution in [3.8, 4) is 5.75 Å². The van der Waals surface area contributed by atoms with Crippen LogP contribution in [0.1, 0.15) is 53.0 Å². The Balaban J connectivity index is 1.22. The van der Waals surface area contributed by atoms with Gasteiger partial charge in [0.2, 0.25) is 11.8 Å². The van der Waals surface area contributed by atoms with Crippen LogP contribution in [0.3, 0.4) is 0 Å². The quantitative estimate of drug-likeness (QED) is 0.583. The Morgan fingerprint density at radius 2 is 1.83 bits per heavy atom. The van der Waals surface area contributed by atoms with Crippen LogP contribution >= 0.6 is 0 Å². The molecule has 1 aromatic carbocycles. The highest BCUT2D eigenvalue weighted by Gasteiger charge is 2.41. The number of amides is 3. The van der Waals surface area contributed by atoms with Gasteiger partial charge in [0.25, 0.3) is 5.91 Å². The molecular formula is C25H26F2N4O5. The molecular weight excluding hydrogens is 474 g/mol. The standard InChI is InChI=1S/C25H26F2N4O5/c26-24(27)36-16-3-1-15(2-4-16)13-30-11-9-25(35,10-12-30)20-7-5-17-18(28-20)14-31(23(17)34)19-6-8-21(32)29-22(19)33/h1-5,7,19,24,35H,6,8-14H2,(H,29,32,33). The van der Waals surface area contributed by atoms with Crippen molar-refractivity contribution in [3.05, 3.63) is 58.9 Å². The maximum Gasteiger partial charge on any atom is 0.387 e. The minimum absolute atomic E-state index is 0.110. The predicted octanol–water partition coefficient (Wildman–Crippen LogP) is 1.93. The first-order valence-corrected chi connectivity index (χ1v) is 11.9. The molecule has 9 nitrogen and oxygen atoms in total. The number of fused-ring (bicyclic) bond motifs is 1. The van der Waals surface area contributed by atoms with Gasteiger partial charge in [-0.3, -0.25) is 29.6 Å². The first-order chi connectivity index (χ1) is 17.2. The zero-order valence-electron chi connectivity index (χ0n) is 19.5. The molecule has 1 atom stereocenters. The number of carbonyl (C=O) groups is 3. The summed E-state index contributed by atoms with van der Waals surface area (Å²) in [4.78, 5) is 44.8. The van der Waals surface area contributed by atoms with E-state index in [0.717, 1.165) is 5.56 Å². The van der Waals surface area contributed by atoms with Crippen LogP contribution in [0.2, 0.25) is 0 Å². The van der Waals surface area contributed by atoms with E-state index in [1.54, 1.807) is 24.3 Å². The fourth-order valence-corrected chi connectivity index (χ4v) is 5.07. The third-order valence-electron chi connectivity index (χ3n) is 7.09. The van der Waals surface area contributed by atoms with Crippen molar-refractivity contribution in [1.29, 1.82) is 0 Å². The number of carbonyl (C=O) groups excluding carboxylic acids is 3. The zero-order chi connectivity index (χ0) is 25.4. The Labute approximate surface area is 206 Å². The van der Waals surface area contributed by atoms with Crippen LogP contribution in [0.15, 0.2) is 36.4 Å². The van der Waals surface area contributed by atoms with Gasteiger partial charge in [-0.15, -0.1) is 0 Å². The number of aliphatic hydroxyl groups is 1. The lowest BCUT2D eigenvalue weighted by Crippen LogP contribution is -2.52. The molecule has 2 saturated heterocycles. The van der Waals surface area contributed by atoms with Crippen LogP contribution in [-0.4, -0.2) is 63.4 Å². The minimum Gasteiger partial charge on any atom is -0.435 e. The van der Waals surface area contributed by atoms with Crippen molar-refractivity contribution in [2.75, 3.05) is 13.1 Å². The van der Waals surface area contributed by atoms with Crippen molar-refractivity contribution in [1.82, 2.24) is 20.1 Å². The van der Waals surface area contributed by atoms with E-state index in [1.807, 2.05) is 0 Å². The fourth-order valence-electron chi connectivity index (χ4n) is 5.07. The lowest BCUT2D eigenvalue weighted by atomic mass is 9.87. The topological polar surface area (TPSA) is 112 Å². The van der Waals surface area contributed by atoms with Gasteiger partial charge in [0.15, 0.2) is 0 Å². The molecule has 4 heterocycles. The third kappa shape index (κ3) is 4.80. The van der Waals surface area contributed by atoms with Crippen LogP contribution in [-0.2, 0) is 28.3 Å². The van der Waals surface area contributed by atoms with Gasteiger partial charge in [-0.05, 0) is 49.1 Å². The Kier molecular flexibility index (Phi) is 6.44. The molecule has 0 aliphatic carbocycles. The largest absolute Gasteiger partial charge is 0.435 e. The highest BCUT2D eigenvalue weighted by molar-refractivity contribution is 6.05.